The fraction of sp³-hybridized carbons (Fsp3) is 0.308. The van der Waals surface area contributed by atoms with E-state index in [1.165, 1.54) is 0 Å². The second-order valence-electron chi connectivity index (χ2n) is 8.88. The van der Waals surface area contributed by atoms with Crippen LogP contribution in [0.4, 0.5) is 0 Å². The second kappa shape index (κ2) is 10.9. The molecule has 5 rings (SSSR count). The third-order valence-corrected chi connectivity index (χ3v) is 6.52. The lowest BCUT2D eigenvalue weighted by Crippen LogP contribution is -2.35. The highest BCUT2D eigenvalue weighted by Crippen LogP contribution is 2.23. The van der Waals surface area contributed by atoms with Crippen molar-refractivity contribution in [3.63, 3.8) is 0 Å². The third-order valence-electron chi connectivity index (χ3n) is 6.52. The van der Waals surface area contributed by atoms with Crippen molar-refractivity contribution < 1.29 is 9.53 Å². The van der Waals surface area contributed by atoms with Gasteiger partial charge >= 0.3 is 5.69 Å². The molecule has 1 unspecified atom stereocenters. The van der Waals surface area contributed by atoms with Crippen LogP contribution in [0.5, 0.6) is 5.75 Å². The number of rotatable bonds is 7. The number of ketones is 1. The van der Waals surface area contributed by atoms with Crippen LogP contribution in [0.2, 0.25) is 0 Å². The quantitative estimate of drug-likeness (QED) is 0.329. The van der Waals surface area contributed by atoms with Gasteiger partial charge in [0.25, 0.3) is 5.56 Å². The number of aromatic amines is 2. The highest BCUT2D eigenvalue weighted by molar-refractivity contribution is 6.07. The Morgan fingerprint density at radius 1 is 1.06 bits per heavy atom. The van der Waals surface area contributed by atoms with Crippen LogP contribution >= 0.6 is 12.4 Å². The average Bonchev–Trinajstić information content (AvgIpc) is 3.32. The van der Waals surface area contributed by atoms with Crippen LogP contribution in [0.3, 0.4) is 0 Å². The van der Waals surface area contributed by atoms with E-state index in [0.29, 0.717) is 17.2 Å². The molecule has 10 heteroatoms. The van der Waals surface area contributed by atoms with Crippen molar-refractivity contribution >= 4 is 29.4 Å². The first kappa shape index (κ1) is 25.4. The van der Waals surface area contributed by atoms with Gasteiger partial charge in [-0.2, -0.15) is 0 Å². The molecule has 0 radical (unpaired) electrons. The fourth-order valence-corrected chi connectivity index (χ4v) is 4.48. The summed E-state index contributed by atoms with van der Waals surface area (Å²) in [6, 6.07) is 16.1. The Labute approximate surface area is 213 Å². The minimum Gasteiger partial charge on any atom is -0.490 e. The van der Waals surface area contributed by atoms with Crippen molar-refractivity contribution in [1.29, 1.82) is 0 Å². The zero-order chi connectivity index (χ0) is 24.4. The number of ether oxygens (including phenoxy) is 1. The lowest BCUT2D eigenvalue weighted by molar-refractivity contribution is 0.103. The van der Waals surface area contributed by atoms with E-state index in [9.17, 15) is 14.4 Å². The van der Waals surface area contributed by atoms with Gasteiger partial charge in [-0.3, -0.25) is 19.1 Å². The van der Waals surface area contributed by atoms with Crippen LogP contribution in [0, 0.1) is 5.92 Å². The molecule has 0 amide bonds. The molecular formula is C26H28ClN5O4. The minimum absolute atomic E-state index is 0. The predicted molar refractivity (Wildman–Crippen MR) is 139 cm³/mol. The van der Waals surface area contributed by atoms with E-state index >= 15 is 0 Å². The Kier molecular flexibility index (Phi) is 7.71. The SMILES string of the molecule is CC(Oc1ccc(C(=O)c2nc3[nH]c(=O)n(Cc4ccccc4)c(=O)c3[nH]2)cc1)C1CCNCC1.Cl. The van der Waals surface area contributed by atoms with Crippen LogP contribution in [0.25, 0.3) is 11.2 Å². The minimum atomic E-state index is -0.582. The van der Waals surface area contributed by atoms with Crippen molar-refractivity contribution in [2.75, 3.05) is 13.1 Å². The lowest BCUT2D eigenvalue weighted by Gasteiger charge is -2.28. The van der Waals surface area contributed by atoms with E-state index in [4.69, 9.17) is 4.74 Å². The summed E-state index contributed by atoms with van der Waals surface area (Å²) in [5.41, 5.74) is 0.240. The molecular weight excluding hydrogens is 482 g/mol. The maximum Gasteiger partial charge on any atom is 0.330 e. The van der Waals surface area contributed by atoms with E-state index in [2.05, 4.69) is 27.2 Å². The number of aromatic nitrogens is 4. The first-order chi connectivity index (χ1) is 17.0. The van der Waals surface area contributed by atoms with Gasteiger partial charge in [0.2, 0.25) is 5.78 Å². The van der Waals surface area contributed by atoms with Crippen LogP contribution in [-0.4, -0.2) is 44.5 Å². The molecule has 0 aliphatic carbocycles. The number of H-pyrrole nitrogens is 2. The van der Waals surface area contributed by atoms with Gasteiger partial charge in [-0.1, -0.05) is 30.3 Å². The third kappa shape index (κ3) is 5.27. The number of hydrogen-bond acceptors (Lipinski definition) is 6. The Morgan fingerprint density at radius 2 is 1.75 bits per heavy atom. The average molecular weight is 510 g/mol. The first-order valence-electron chi connectivity index (χ1n) is 11.8. The van der Waals surface area contributed by atoms with Crippen molar-refractivity contribution in [2.24, 2.45) is 5.92 Å². The largest absolute Gasteiger partial charge is 0.490 e. The molecule has 0 spiro atoms. The number of fused-ring (bicyclic) bond motifs is 1. The van der Waals surface area contributed by atoms with E-state index < -0.39 is 11.2 Å². The molecule has 188 valence electrons. The summed E-state index contributed by atoms with van der Waals surface area (Å²) in [7, 11) is 0. The van der Waals surface area contributed by atoms with Gasteiger partial charge in [0.15, 0.2) is 11.5 Å². The van der Waals surface area contributed by atoms with Gasteiger partial charge < -0.3 is 15.0 Å². The van der Waals surface area contributed by atoms with E-state index in [0.717, 1.165) is 36.1 Å². The van der Waals surface area contributed by atoms with Gasteiger partial charge in [0, 0.05) is 5.56 Å². The molecule has 1 saturated heterocycles. The maximum atomic E-state index is 13.0. The zero-order valence-corrected chi connectivity index (χ0v) is 20.6. The molecule has 2 aromatic heterocycles. The number of hydrogen-bond donors (Lipinski definition) is 3. The maximum absolute atomic E-state index is 13.0. The molecule has 1 aliphatic rings. The van der Waals surface area contributed by atoms with Gasteiger partial charge in [-0.05, 0) is 68.6 Å². The summed E-state index contributed by atoms with van der Waals surface area (Å²) in [6.07, 6.45) is 2.25. The Morgan fingerprint density at radius 3 is 2.44 bits per heavy atom. The van der Waals surface area contributed by atoms with Crippen molar-refractivity contribution in [2.45, 2.75) is 32.4 Å². The standard InChI is InChI=1S/C26H27N5O4.ClH/c1-16(18-11-13-27-14-12-18)35-20-9-7-19(8-10-20)22(32)24-28-21-23(29-24)30-26(34)31(25(21)33)15-17-5-3-2-4-6-17;/h2-10,16,18,27H,11-15H2,1H3,(H,28,29)(H,30,34);1H. The molecule has 1 fully saturated rings. The number of halogens is 1. The highest BCUT2D eigenvalue weighted by atomic mass is 35.5. The number of imidazole rings is 1. The van der Waals surface area contributed by atoms with Crippen LogP contribution in [-0.2, 0) is 6.54 Å². The number of nitrogens with one attached hydrogen (secondary N) is 3. The normalized spacial score (nSPS) is 14.8. The summed E-state index contributed by atoms with van der Waals surface area (Å²) in [5.74, 6) is 0.808. The van der Waals surface area contributed by atoms with E-state index in [1.54, 1.807) is 24.3 Å². The number of piperidine rings is 1. The molecule has 3 heterocycles. The molecule has 9 nitrogen and oxygen atoms in total. The predicted octanol–water partition coefficient (Wildman–Crippen LogP) is 2.88. The summed E-state index contributed by atoms with van der Waals surface area (Å²) in [6.45, 7) is 4.21. The van der Waals surface area contributed by atoms with Crippen molar-refractivity contribution in [1.82, 2.24) is 24.8 Å². The summed E-state index contributed by atoms with van der Waals surface area (Å²) in [5, 5.41) is 3.36. The van der Waals surface area contributed by atoms with Crippen molar-refractivity contribution in [3.8, 4) is 5.75 Å². The molecule has 36 heavy (non-hydrogen) atoms. The summed E-state index contributed by atoms with van der Waals surface area (Å²) >= 11 is 0. The lowest BCUT2D eigenvalue weighted by atomic mass is 9.93. The smallest absolute Gasteiger partial charge is 0.330 e. The highest BCUT2D eigenvalue weighted by Gasteiger charge is 2.22. The molecule has 4 aromatic rings. The fourth-order valence-electron chi connectivity index (χ4n) is 4.48. The second-order valence-corrected chi connectivity index (χ2v) is 8.88. The molecule has 3 N–H and O–H groups in total. The number of nitrogens with zero attached hydrogens (tertiary/aromatic N) is 2. The van der Waals surface area contributed by atoms with E-state index in [-0.39, 0.29) is 47.8 Å². The Hall–Kier alpha value is -3.69. The monoisotopic (exact) mass is 509 g/mol. The van der Waals surface area contributed by atoms with E-state index in [1.807, 2.05) is 30.3 Å². The molecule has 2 aromatic carbocycles. The first-order valence-corrected chi connectivity index (χ1v) is 11.8. The Bertz CT molecular complexity index is 1450. The molecule has 1 atom stereocenters. The Balaban J connectivity index is 0.00000304. The van der Waals surface area contributed by atoms with Gasteiger partial charge in [0.05, 0.1) is 12.6 Å². The van der Waals surface area contributed by atoms with Crippen LogP contribution in [0.15, 0.2) is 64.2 Å². The number of benzene rings is 2. The van der Waals surface area contributed by atoms with Gasteiger partial charge in [0.1, 0.15) is 11.3 Å². The van der Waals surface area contributed by atoms with Crippen molar-refractivity contribution in [3.05, 3.63) is 92.4 Å². The molecule has 0 saturated carbocycles. The number of carbonyl (C=O) groups excluding carboxylic acids is 1. The molecule has 1 aliphatic heterocycles. The zero-order valence-electron chi connectivity index (χ0n) is 19.8. The van der Waals surface area contributed by atoms with Crippen LogP contribution < -0.4 is 21.3 Å². The summed E-state index contributed by atoms with van der Waals surface area (Å²) in [4.78, 5) is 48.0. The van der Waals surface area contributed by atoms with Gasteiger partial charge in [-0.25, -0.2) is 9.78 Å². The van der Waals surface area contributed by atoms with Crippen LogP contribution in [0.1, 0.15) is 41.5 Å². The summed E-state index contributed by atoms with van der Waals surface area (Å²) < 4.78 is 7.17. The number of carbonyl (C=O) groups is 1. The topological polar surface area (TPSA) is 122 Å². The molecule has 0 bridgehead atoms. The van der Waals surface area contributed by atoms with Gasteiger partial charge in [-0.15, -0.1) is 12.4 Å².